The molecule has 0 radical (unpaired) electrons. The number of ether oxygens (including phenoxy) is 1. The number of nitrogens with one attached hydrogen (secondary N) is 1. The maximum absolute atomic E-state index is 11.7. The van der Waals surface area contributed by atoms with Gasteiger partial charge in [0.25, 0.3) is 0 Å². The van der Waals surface area contributed by atoms with E-state index in [-0.39, 0.29) is 24.5 Å². The van der Waals surface area contributed by atoms with Gasteiger partial charge >= 0.3 is 0 Å². The quantitative estimate of drug-likeness (QED) is 0.739. The number of sulfonamides is 1. The Kier molecular flexibility index (Phi) is 5.85. The molecule has 5 nitrogen and oxygen atoms in total. The van der Waals surface area contributed by atoms with Crippen molar-refractivity contribution in [2.75, 3.05) is 12.4 Å². The Hall–Kier alpha value is -0.170. The molecule has 0 heterocycles. The van der Waals surface area contributed by atoms with Gasteiger partial charge in [-0.1, -0.05) is 12.8 Å². The second kappa shape index (κ2) is 6.68. The lowest BCUT2D eigenvalue weighted by molar-refractivity contribution is 0.0896. The van der Waals surface area contributed by atoms with Crippen LogP contribution in [0.4, 0.5) is 0 Å². The highest BCUT2D eigenvalue weighted by Gasteiger charge is 2.26. The number of hydrogen-bond donors (Lipinski definition) is 2. The molecule has 17 heavy (non-hydrogen) atoms. The van der Waals surface area contributed by atoms with Crippen molar-refractivity contribution < 1.29 is 18.3 Å². The largest absolute Gasteiger partial charge is 0.391 e. The van der Waals surface area contributed by atoms with E-state index in [4.69, 9.17) is 4.74 Å². The first kappa shape index (κ1) is 14.9. The molecule has 2 atom stereocenters. The third kappa shape index (κ3) is 5.81. The van der Waals surface area contributed by atoms with Crippen molar-refractivity contribution in [1.29, 1.82) is 0 Å². The summed E-state index contributed by atoms with van der Waals surface area (Å²) >= 11 is 0. The Morgan fingerprint density at radius 2 is 2.00 bits per heavy atom. The van der Waals surface area contributed by atoms with Crippen molar-refractivity contribution in [3.05, 3.63) is 0 Å². The molecule has 0 aliphatic heterocycles. The van der Waals surface area contributed by atoms with Gasteiger partial charge in [-0.3, -0.25) is 0 Å². The molecule has 2 N–H and O–H groups in total. The topological polar surface area (TPSA) is 75.6 Å². The molecule has 0 saturated heterocycles. The van der Waals surface area contributed by atoms with Crippen molar-refractivity contribution in [2.24, 2.45) is 0 Å². The van der Waals surface area contributed by atoms with Gasteiger partial charge in [0.15, 0.2) is 0 Å². The van der Waals surface area contributed by atoms with Gasteiger partial charge in [0.1, 0.15) is 0 Å². The summed E-state index contributed by atoms with van der Waals surface area (Å²) in [5.74, 6) is -0.0472. The summed E-state index contributed by atoms with van der Waals surface area (Å²) in [5.41, 5.74) is 0. The van der Waals surface area contributed by atoms with E-state index in [1.807, 2.05) is 13.8 Å². The smallest absolute Gasteiger partial charge is 0.214 e. The lowest BCUT2D eigenvalue weighted by Crippen LogP contribution is -2.46. The number of hydrogen-bond acceptors (Lipinski definition) is 4. The van der Waals surface area contributed by atoms with Gasteiger partial charge in [0.2, 0.25) is 10.0 Å². The van der Waals surface area contributed by atoms with Crippen LogP contribution in [0, 0.1) is 0 Å². The molecule has 0 aromatic heterocycles. The Morgan fingerprint density at radius 3 is 2.59 bits per heavy atom. The summed E-state index contributed by atoms with van der Waals surface area (Å²) in [4.78, 5) is 0. The van der Waals surface area contributed by atoms with Gasteiger partial charge < -0.3 is 9.84 Å². The normalized spacial score (nSPS) is 26.4. The molecule has 1 aliphatic rings. The molecule has 0 amide bonds. The average molecular weight is 265 g/mol. The summed E-state index contributed by atoms with van der Waals surface area (Å²) in [6, 6.07) is -0.326. The minimum Gasteiger partial charge on any atom is -0.391 e. The molecule has 0 bridgehead atoms. The van der Waals surface area contributed by atoms with Crippen molar-refractivity contribution >= 4 is 10.0 Å². The summed E-state index contributed by atoms with van der Waals surface area (Å²) in [5, 5.41) is 9.69. The Balaban J connectivity index is 2.37. The van der Waals surface area contributed by atoms with Crippen LogP contribution < -0.4 is 4.72 Å². The van der Waals surface area contributed by atoms with Gasteiger partial charge in [-0.2, -0.15) is 0 Å². The van der Waals surface area contributed by atoms with Crippen LogP contribution >= 0.6 is 0 Å². The standard InChI is InChI=1S/C11H23NO4S/c1-9(2)16-7-8-17(14,15)12-10-5-3-4-6-11(10)13/h9-13H,3-8H2,1-2H3. The lowest BCUT2D eigenvalue weighted by atomic mass is 9.93. The molecule has 6 heteroatoms. The first-order chi connectivity index (χ1) is 7.91. The molecule has 1 aliphatic carbocycles. The zero-order valence-corrected chi connectivity index (χ0v) is 11.4. The SMILES string of the molecule is CC(C)OCCS(=O)(=O)NC1CCCCC1O. The third-order valence-corrected chi connectivity index (χ3v) is 4.23. The molecule has 0 aromatic rings. The van der Waals surface area contributed by atoms with E-state index >= 15 is 0 Å². The van der Waals surface area contributed by atoms with Crippen molar-refractivity contribution in [3.8, 4) is 0 Å². The molecule has 1 fully saturated rings. The first-order valence-corrected chi connectivity index (χ1v) is 7.85. The van der Waals surface area contributed by atoms with E-state index in [1.54, 1.807) is 0 Å². The van der Waals surface area contributed by atoms with E-state index in [2.05, 4.69) is 4.72 Å². The lowest BCUT2D eigenvalue weighted by Gasteiger charge is -2.28. The van der Waals surface area contributed by atoms with Crippen LogP contribution in [0.25, 0.3) is 0 Å². The molecule has 1 saturated carbocycles. The van der Waals surface area contributed by atoms with Crippen LogP contribution in [0.3, 0.4) is 0 Å². The van der Waals surface area contributed by atoms with Crippen molar-refractivity contribution in [3.63, 3.8) is 0 Å². The monoisotopic (exact) mass is 265 g/mol. The van der Waals surface area contributed by atoms with E-state index < -0.39 is 16.1 Å². The Labute approximate surface area is 104 Å². The highest BCUT2D eigenvalue weighted by Crippen LogP contribution is 2.18. The third-order valence-electron chi connectivity index (χ3n) is 2.86. The molecular weight excluding hydrogens is 242 g/mol. The maximum atomic E-state index is 11.7. The van der Waals surface area contributed by atoms with Gasteiger partial charge in [-0.25, -0.2) is 13.1 Å². The van der Waals surface area contributed by atoms with Crippen LogP contribution in [-0.4, -0.2) is 44.1 Å². The van der Waals surface area contributed by atoms with E-state index in [0.717, 1.165) is 12.8 Å². The Bertz CT molecular complexity index is 315. The molecular formula is C11H23NO4S. The summed E-state index contributed by atoms with van der Waals surface area (Å²) in [7, 11) is -3.34. The summed E-state index contributed by atoms with van der Waals surface area (Å²) < 4.78 is 31.2. The van der Waals surface area contributed by atoms with Gasteiger partial charge in [0, 0.05) is 6.04 Å². The Morgan fingerprint density at radius 1 is 1.35 bits per heavy atom. The fourth-order valence-electron chi connectivity index (χ4n) is 1.93. The number of rotatable bonds is 6. The highest BCUT2D eigenvalue weighted by molar-refractivity contribution is 7.89. The zero-order chi connectivity index (χ0) is 12.9. The van der Waals surface area contributed by atoms with E-state index in [9.17, 15) is 13.5 Å². The van der Waals surface area contributed by atoms with E-state index in [0.29, 0.717) is 12.8 Å². The number of aliphatic hydroxyl groups excluding tert-OH is 1. The second-order valence-electron chi connectivity index (χ2n) is 4.81. The van der Waals surface area contributed by atoms with Gasteiger partial charge in [-0.15, -0.1) is 0 Å². The summed E-state index contributed by atoms with van der Waals surface area (Å²) in [6.07, 6.45) is 2.80. The van der Waals surface area contributed by atoms with Crippen LogP contribution in [0.1, 0.15) is 39.5 Å². The van der Waals surface area contributed by atoms with E-state index in [1.165, 1.54) is 0 Å². The van der Waals surface area contributed by atoms with Crippen molar-refractivity contribution in [2.45, 2.75) is 57.8 Å². The highest BCUT2D eigenvalue weighted by atomic mass is 32.2. The first-order valence-electron chi connectivity index (χ1n) is 6.20. The fourth-order valence-corrected chi connectivity index (χ4v) is 3.10. The minimum absolute atomic E-state index is 0.0328. The fraction of sp³-hybridized carbons (Fsp3) is 1.00. The minimum atomic E-state index is -3.34. The maximum Gasteiger partial charge on any atom is 0.214 e. The summed E-state index contributed by atoms with van der Waals surface area (Å²) in [6.45, 7) is 3.92. The molecule has 2 unspecified atom stereocenters. The molecule has 0 spiro atoms. The second-order valence-corrected chi connectivity index (χ2v) is 6.69. The van der Waals surface area contributed by atoms with Gasteiger partial charge in [0.05, 0.1) is 24.6 Å². The number of aliphatic hydroxyl groups is 1. The van der Waals surface area contributed by atoms with Crippen LogP contribution in [-0.2, 0) is 14.8 Å². The molecule has 0 aromatic carbocycles. The van der Waals surface area contributed by atoms with Crippen LogP contribution in [0.15, 0.2) is 0 Å². The van der Waals surface area contributed by atoms with Crippen LogP contribution in [0.2, 0.25) is 0 Å². The van der Waals surface area contributed by atoms with Gasteiger partial charge in [-0.05, 0) is 26.7 Å². The van der Waals surface area contributed by atoms with Crippen LogP contribution in [0.5, 0.6) is 0 Å². The zero-order valence-electron chi connectivity index (χ0n) is 10.6. The molecule has 102 valence electrons. The average Bonchev–Trinajstić information content (AvgIpc) is 2.20. The molecule has 1 rings (SSSR count). The predicted octanol–water partition coefficient (Wildman–Crippen LogP) is 0.634. The predicted molar refractivity (Wildman–Crippen MR) is 66.3 cm³/mol. The van der Waals surface area contributed by atoms with Crippen molar-refractivity contribution in [1.82, 2.24) is 4.72 Å².